The van der Waals surface area contributed by atoms with Crippen molar-refractivity contribution < 1.29 is 0 Å². The zero-order valence-electron chi connectivity index (χ0n) is 11.1. The summed E-state index contributed by atoms with van der Waals surface area (Å²) in [6, 6.07) is 0.721. The average molecular weight is 224 g/mol. The van der Waals surface area contributed by atoms with Gasteiger partial charge in [0.25, 0.3) is 0 Å². The molecule has 1 spiro atoms. The molecule has 0 aromatic heterocycles. The summed E-state index contributed by atoms with van der Waals surface area (Å²) in [6.07, 6.45) is 8.94. The molecule has 1 heterocycles. The zero-order valence-corrected chi connectivity index (χ0v) is 11.1. The molecule has 2 heteroatoms. The lowest BCUT2D eigenvalue weighted by Crippen LogP contribution is -2.47. The van der Waals surface area contributed by atoms with Gasteiger partial charge in [0.1, 0.15) is 0 Å². The van der Waals surface area contributed by atoms with Crippen molar-refractivity contribution in [1.29, 1.82) is 0 Å². The van der Waals surface area contributed by atoms with E-state index in [0.29, 0.717) is 0 Å². The first-order valence-corrected chi connectivity index (χ1v) is 7.20. The SMILES string of the molecule is CCNCC(C)N1CCC2(CCCC2)CC1. The van der Waals surface area contributed by atoms with Crippen LogP contribution in [0.5, 0.6) is 0 Å². The summed E-state index contributed by atoms with van der Waals surface area (Å²) in [4.78, 5) is 2.69. The maximum atomic E-state index is 3.46. The molecule has 2 fully saturated rings. The molecule has 0 radical (unpaired) electrons. The van der Waals surface area contributed by atoms with Gasteiger partial charge >= 0.3 is 0 Å². The van der Waals surface area contributed by atoms with Crippen molar-refractivity contribution in [3.63, 3.8) is 0 Å². The van der Waals surface area contributed by atoms with Gasteiger partial charge < -0.3 is 5.32 Å². The van der Waals surface area contributed by atoms with Crippen LogP contribution in [0, 0.1) is 5.41 Å². The van der Waals surface area contributed by atoms with E-state index in [0.717, 1.165) is 24.5 Å². The highest BCUT2D eigenvalue weighted by Crippen LogP contribution is 2.46. The van der Waals surface area contributed by atoms with Gasteiger partial charge in [-0.25, -0.2) is 0 Å². The van der Waals surface area contributed by atoms with E-state index >= 15 is 0 Å². The Morgan fingerprint density at radius 3 is 2.31 bits per heavy atom. The number of hydrogen-bond acceptors (Lipinski definition) is 2. The van der Waals surface area contributed by atoms with E-state index in [1.165, 1.54) is 51.6 Å². The number of likely N-dealkylation sites (tertiary alicyclic amines) is 1. The van der Waals surface area contributed by atoms with Crippen molar-refractivity contribution in [3.8, 4) is 0 Å². The van der Waals surface area contributed by atoms with Gasteiger partial charge in [-0.1, -0.05) is 19.8 Å². The number of nitrogens with one attached hydrogen (secondary N) is 1. The minimum Gasteiger partial charge on any atom is -0.315 e. The molecule has 0 amide bonds. The molecule has 94 valence electrons. The lowest BCUT2D eigenvalue weighted by Gasteiger charge is -2.42. The van der Waals surface area contributed by atoms with Crippen LogP contribution in [0.1, 0.15) is 52.4 Å². The third kappa shape index (κ3) is 2.78. The average Bonchev–Trinajstić information content (AvgIpc) is 2.75. The van der Waals surface area contributed by atoms with Gasteiger partial charge in [-0.15, -0.1) is 0 Å². The van der Waals surface area contributed by atoms with Crippen LogP contribution in [0.2, 0.25) is 0 Å². The normalized spacial score (nSPS) is 27.4. The topological polar surface area (TPSA) is 15.3 Å². The van der Waals surface area contributed by atoms with E-state index in [1.54, 1.807) is 0 Å². The lowest BCUT2D eigenvalue weighted by atomic mass is 9.77. The summed E-state index contributed by atoms with van der Waals surface area (Å²) in [5.41, 5.74) is 0.772. The van der Waals surface area contributed by atoms with Gasteiger partial charge in [0.05, 0.1) is 0 Å². The highest BCUT2D eigenvalue weighted by molar-refractivity contribution is 4.90. The Morgan fingerprint density at radius 2 is 1.75 bits per heavy atom. The van der Waals surface area contributed by atoms with Crippen molar-refractivity contribution >= 4 is 0 Å². The monoisotopic (exact) mass is 224 g/mol. The molecular weight excluding hydrogens is 196 g/mol. The van der Waals surface area contributed by atoms with Crippen LogP contribution < -0.4 is 5.32 Å². The molecule has 1 atom stereocenters. The fourth-order valence-corrected chi connectivity index (χ4v) is 3.55. The van der Waals surface area contributed by atoms with Gasteiger partial charge in [-0.3, -0.25) is 4.90 Å². The van der Waals surface area contributed by atoms with E-state index < -0.39 is 0 Å². The molecule has 1 N–H and O–H groups in total. The van der Waals surface area contributed by atoms with Gasteiger partial charge in [0.15, 0.2) is 0 Å². The Kier molecular flexibility index (Phi) is 4.26. The fraction of sp³-hybridized carbons (Fsp3) is 1.00. The first-order chi connectivity index (χ1) is 7.76. The van der Waals surface area contributed by atoms with E-state index in [1.807, 2.05) is 0 Å². The molecule has 16 heavy (non-hydrogen) atoms. The van der Waals surface area contributed by atoms with E-state index in [2.05, 4.69) is 24.1 Å². The number of piperidine rings is 1. The molecule has 1 aliphatic heterocycles. The maximum absolute atomic E-state index is 3.46. The van der Waals surface area contributed by atoms with Crippen molar-refractivity contribution in [1.82, 2.24) is 10.2 Å². The molecule has 1 saturated heterocycles. The molecule has 0 aromatic rings. The fourth-order valence-electron chi connectivity index (χ4n) is 3.55. The Morgan fingerprint density at radius 1 is 1.12 bits per heavy atom. The molecule has 1 aliphatic carbocycles. The highest BCUT2D eigenvalue weighted by atomic mass is 15.2. The van der Waals surface area contributed by atoms with Crippen LogP contribution >= 0.6 is 0 Å². The molecule has 2 aliphatic rings. The quantitative estimate of drug-likeness (QED) is 0.790. The van der Waals surface area contributed by atoms with Crippen molar-refractivity contribution in [2.45, 2.75) is 58.4 Å². The zero-order chi connectivity index (χ0) is 11.4. The van der Waals surface area contributed by atoms with Gasteiger partial charge in [-0.2, -0.15) is 0 Å². The largest absolute Gasteiger partial charge is 0.315 e. The number of hydrogen-bond donors (Lipinski definition) is 1. The number of rotatable bonds is 4. The standard InChI is InChI=1S/C14H28N2/c1-3-15-12-13(2)16-10-8-14(9-11-16)6-4-5-7-14/h13,15H,3-12H2,1-2H3. The minimum atomic E-state index is 0.721. The Balaban J connectivity index is 1.75. The smallest absolute Gasteiger partial charge is 0.0192 e. The highest BCUT2D eigenvalue weighted by Gasteiger charge is 2.37. The molecular formula is C14H28N2. The first-order valence-electron chi connectivity index (χ1n) is 7.20. The molecule has 2 nitrogen and oxygen atoms in total. The summed E-state index contributed by atoms with van der Waals surface area (Å²) in [7, 11) is 0. The van der Waals surface area contributed by atoms with Crippen molar-refractivity contribution in [2.24, 2.45) is 5.41 Å². The van der Waals surface area contributed by atoms with Crippen LogP contribution in [-0.4, -0.2) is 37.1 Å². The second-order valence-electron chi connectivity index (χ2n) is 5.90. The molecule has 1 unspecified atom stereocenters. The van der Waals surface area contributed by atoms with Crippen LogP contribution in [0.15, 0.2) is 0 Å². The summed E-state index contributed by atoms with van der Waals surface area (Å²) < 4.78 is 0. The van der Waals surface area contributed by atoms with E-state index in [9.17, 15) is 0 Å². The summed E-state index contributed by atoms with van der Waals surface area (Å²) >= 11 is 0. The Hall–Kier alpha value is -0.0800. The van der Waals surface area contributed by atoms with Gasteiger partial charge in [0.2, 0.25) is 0 Å². The van der Waals surface area contributed by atoms with Crippen LogP contribution in [0.4, 0.5) is 0 Å². The first kappa shape index (κ1) is 12.4. The van der Waals surface area contributed by atoms with Crippen LogP contribution in [-0.2, 0) is 0 Å². The molecule has 0 aromatic carbocycles. The molecule has 0 bridgehead atoms. The van der Waals surface area contributed by atoms with E-state index in [4.69, 9.17) is 0 Å². The second kappa shape index (κ2) is 5.50. The van der Waals surface area contributed by atoms with E-state index in [-0.39, 0.29) is 0 Å². The second-order valence-corrected chi connectivity index (χ2v) is 5.90. The van der Waals surface area contributed by atoms with Crippen LogP contribution in [0.25, 0.3) is 0 Å². The van der Waals surface area contributed by atoms with Crippen molar-refractivity contribution in [2.75, 3.05) is 26.2 Å². The summed E-state index contributed by atoms with van der Waals surface area (Å²) in [6.45, 7) is 9.50. The Labute approximate surface area is 101 Å². The minimum absolute atomic E-state index is 0.721. The van der Waals surface area contributed by atoms with Crippen molar-refractivity contribution in [3.05, 3.63) is 0 Å². The van der Waals surface area contributed by atoms with Crippen LogP contribution in [0.3, 0.4) is 0 Å². The lowest BCUT2D eigenvalue weighted by molar-refractivity contribution is 0.0814. The molecule has 1 saturated carbocycles. The number of nitrogens with zero attached hydrogens (tertiary/aromatic N) is 1. The third-order valence-electron chi connectivity index (χ3n) is 4.84. The third-order valence-corrected chi connectivity index (χ3v) is 4.84. The predicted molar refractivity (Wildman–Crippen MR) is 69.7 cm³/mol. The van der Waals surface area contributed by atoms with Gasteiger partial charge in [0, 0.05) is 12.6 Å². The summed E-state index contributed by atoms with van der Waals surface area (Å²) in [5, 5.41) is 3.46. The summed E-state index contributed by atoms with van der Waals surface area (Å²) in [5.74, 6) is 0. The Bertz CT molecular complexity index is 199. The number of likely N-dealkylation sites (N-methyl/N-ethyl adjacent to an activating group) is 1. The molecule has 2 rings (SSSR count). The van der Waals surface area contributed by atoms with Gasteiger partial charge in [-0.05, 0) is 57.7 Å². The maximum Gasteiger partial charge on any atom is 0.0192 e. The predicted octanol–water partition coefficient (Wildman–Crippen LogP) is 2.64.